The van der Waals surface area contributed by atoms with Crippen molar-refractivity contribution >= 4 is 11.8 Å². The van der Waals surface area contributed by atoms with Crippen LogP contribution in [0.1, 0.15) is 58.2 Å². The minimum atomic E-state index is 0.630. The average molecular weight is 325 g/mol. The summed E-state index contributed by atoms with van der Waals surface area (Å²) < 4.78 is 2.30. The van der Waals surface area contributed by atoms with E-state index in [4.69, 9.17) is 0 Å². The van der Waals surface area contributed by atoms with E-state index in [0.717, 1.165) is 42.8 Å². The lowest BCUT2D eigenvalue weighted by atomic mass is 9.89. The second-order valence-electron chi connectivity index (χ2n) is 6.92. The van der Waals surface area contributed by atoms with Gasteiger partial charge in [-0.25, -0.2) is 0 Å². The van der Waals surface area contributed by atoms with Gasteiger partial charge in [0.25, 0.3) is 0 Å². The summed E-state index contributed by atoms with van der Waals surface area (Å²) in [6.45, 7) is 7.82. The minimum absolute atomic E-state index is 0.630. The normalized spacial score (nSPS) is 16.5. The monoisotopic (exact) mass is 324 g/mol. The molecule has 1 saturated carbocycles. The first-order valence-corrected chi connectivity index (χ1v) is 10.1. The van der Waals surface area contributed by atoms with E-state index in [1.54, 1.807) is 11.8 Å². The second-order valence-corrected chi connectivity index (χ2v) is 7.69. The van der Waals surface area contributed by atoms with E-state index in [2.05, 4.69) is 40.2 Å². The topological polar surface area (TPSA) is 42.7 Å². The van der Waals surface area contributed by atoms with Crippen molar-refractivity contribution in [2.75, 3.05) is 19.3 Å². The Morgan fingerprint density at radius 1 is 1.23 bits per heavy atom. The van der Waals surface area contributed by atoms with Gasteiger partial charge in [-0.3, -0.25) is 0 Å². The summed E-state index contributed by atoms with van der Waals surface area (Å²) in [4.78, 5) is 0. The van der Waals surface area contributed by atoms with Crippen molar-refractivity contribution < 1.29 is 0 Å². The molecule has 0 spiro atoms. The van der Waals surface area contributed by atoms with Gasteiger partial charge in [-0.15, -0.1) is 10.2 Å². The molecule has 0 amide bonds. The molecule has 4 nitrogen and oxygen atoms in total. The van der Waals surface area contributed by atoms with Crippen molar-refractivity contribution in [1.82, 2.24) is 20.1 Å². The van der Waals surface area contributed by atoms with E-state index in [0.29, 0.717) is 5.92 Å². The molecule has 5 heteroatoms. The molecule has 22 heavy (non-hydrogen) atoms. The Kier molecular flexibility index (Phi) is 7.73. The highest BCUT2D eigenvalue weighted by Gasteiger charge is 2.14. The second kappa shape index (κ2) is 9.56. The van der Waals surface area contributed by atoms with Crippen molar-refractivity contribution in [3.05, 3.63) is 5.82 Å². The number of aromatic nitrogens is 3. The lowest BCUT2D eigenvalue weighted by Gasteiger charge is -2.21. The summed E-state index contributed by atoms with van der Waals surface area (Å²) >= 11 is 1.69. The zero-order valence-electron chi connectivity index (χ0n) is 14.5. The zero-order chi connectivity index (χ0) is 15.8. The fraction of sp³-hybridized carbons (Fsp3) is 0.882. The molecule has 126 valence electrons. The van der Waals surface area contributed by atoms with E-state index < -0.39 is 0 Å². The third-order valence-electron chi connectivity index (χ3n) is 4.44. The molecule has 1 aliphatic carbocycles. The molecule has 1 aromatic rings. The average Bonchev–Trinajstić information content (AvgIpc) is 2.89. The smallest absolute Gasteiger partial charge is 0.190 e. The first kappa shape index (κ1) is 17.8. The van der Waals surface area contributed by atoms with Crippen LogP contribution >= 0.6 is 11.8 Å². The molecule has 0 unspecified atom stereocenters. The highest BCUT2D eigenvalue weighted by Crippen LogP contribution is 2.22. The maximum Gasteiger partial charge on any atom is 0.190 e. The largest absolute Gasteiger partial charge is 0.316 e. The van der Waals surface area contributed by atoms with Crippen LogP contribution in [0, 0.1) is 11.8 Å². The maximum atomic E-state index is 4.39. The lowest BCUT2D eigenvalue weighted by Crippen LogP contribution is -2.25. The van der Waals surface area contributed by atoms with E-state index in [1.807, 2.05) is 0 Å². The van der Waals surface area contributed by atoms with Gasteiger partial charge < -0.3 is 9.88 Å². The van der Waals surface area contributed by atoms with Gasteiger partial charge in [0.05, 0.1) is 0 Å². The Labute approximate surface area is 139 Å². The van der Waals surface area contributed by atoms with Crippen molar-refractivity contribution in [3.8, 4) is 0 Å². The summed E-state index contributed by atoms with van der Waals surface area (Å²) in [6, 6.07) is 0. The molecule has 1 aliphatic rings. The van der Waals surface area contributed by atoms with E-state index >= 15 is 0 Å². The molecule has 0 bridgehead atoms. The van der Waals surface area contributed by atoms with Gasteiger partial charge in [0, 0.05) is 13.0 Å². The third-order valence-corrected chi connectivity index (χ3v) is 5.10. The molecule has 1 N–H and O–H groups in total. The van der Waals surface area contributed by atoms with Crippen molar-refractivity contribution in [1.29, 1.82) is 0 Å². The predicted octanol–water partition coefficient (Wildman–Crippen LogP) is 3.76. The Bertz CT molecular complexity index is 424. The SMILES string of the molecule is CSc1nnc(CCCNCC2CCCCC2)n1CC(C)C. The number of nitrogens with zero attached hydrogens (tertiary/aromatic N) is 3. The summed E-state index contributed by atoms with van der Waals surface area (Å²) in [5.74, 6) is 2.70. The molecule has 0 saturated heterocycles. The van der Waals surface area contributed by atoms with Crippen LogP contribution in [0.25, 0.3) is 0 Å². The quantitative estimate of drug-likeness (QED) is 0.555. The van der Waals surface area contributed by atoms with Crippen LogP contribution in [0.15, 0.2) is 5.16 Å². The minimum Gasteiger partial charge on any atom is -0.316 e. The maximum absolute atomic E-state index is 4.39. The van der Waals surface area contributed by atoms with Crippen LogP contribution < -0.4 is 5.32 Å². The third kappa shape index (κ3) is 5.58. The van der Waals surface area contributed by atoms with Crippen molar-refractivity contribution in [3.63, 3.8) is 0 Å². The fourth-order valence-corrected chi connectivity index (χ4v) is 3.80. The molecule has 2 rings (SSSR count). The highest BCUT2D eigenvalue weighted by molar-refractivity contribution is 7.98. The van der Waals surface area contributed by atoms with Gasteiger partial charge >= 0.3 is 0 Å². The van der Waals surface area contributed by atoms with Crippen LogP contribution in [0.5, 0.6) is 0 Å². The molecule has 0 radical (unpaired) electrons. The first-order chi connectivity index (χ1) is 10.7. The van der Waals surface area contributed by atoms with Crippen LogP contribution in [0.4, 0.5) is 0 Å². The summed E-state index contributed by atoms with van der Waals surface area (Å²) in [6.07, 6.45) is 11.4. The van der Waals surface area contributed by atoms with Crippen LogP contribution in [0.3, 0.4) is 0 Å². The molecule has 1 fully saturated rings. The fourth-order valence-electron chi connectivity index (χ4n) is 3.27. The van der Waals surface area contributed by atoms with Crippen molar-refractivity contribution in [2.24, 2.45) is 11.8 Å². The molecule has 1 aromatic heterocycles. The van der Waals surface area contributed by atoms with Gasteiger partial charge in [0.2, 0.25) is 0 Å². The highest BCUT2D eigenvalue weighted by atomic mass is 32.2. The van der Waals surface area contributed by atoms with Crippen LogP contribution in [-0.4, -0.2) is 34.1 Å². The van der Waals surface area contributed by atoms with E-state index in [1.165, 1.54) is 38.6 Å². The number of nitrogens with one attached hydrogen (secondary N) is 1. The Balaban J connectivity index is 1.70. The van der Waals surface area contributed by atoms with Gasteiger partial charge in [-0.1, -0.05) is 44.9 Å². The van der Waals surface area contributed by atoms with Gasteiger partial charge in [-0.2, -0.15) is 0 Å². The van der Waals surface area contributed by atoms with Crippen molar-refractivity contribution in [2.45, 2.75) is 70.5 Å². The lowest BCUT2D eigenvalue weighted by molar-refractivity contribution is 0.342. The molecular weight excluding hydrogens is 292 g/mol. The summed E-state index contributed by atoms with van der Waals surface area (Å²) in [7, 11) is 0. The van der Waals surface area contributed by atoms with Crippen LogP contribution in [0.2, 0.25) is 0 Å². The van der Waals surface area contributed by atoms with Gasteiger partial charge in [0.1, 0.15) is 5.82 Å². The molecule has 0 aromatic carbocycles. The number of thioether (sulfide) groups is 1. The number of hydrogen-bond donors (Lipinski definition) is 1. The van der Waals surface area contributed by atoms with Gasteiger partial charge in [-0.05, 0) is 50.4 Å². The Hall–Kier alpha value is -0.550. The Morgan fingerprint density at radius 2 is 2.00 bits per heavy atom. The standard InChI is InChI=1S/C17H32N4S/c1-14(2)13-21-16(19-20-17(21)22-3)10-7-11-18-12-15-8-5-4-6-9-15/h14-15,18H,4-13H2,1-3H3. The van der Waals surface area contributed by atoms with E-state index in [-0.39, 0.29) is 0 Å². The summed E-state index contributed by atoms with van der Waals surface area (Å²) in [5.41, 5.74) is 0. The molecule has 1 heterocycles. The van der Waals surface area contributed by atoms with E-state index in [9.17, 15) is 0 Å². The van der Waals surface area contributed by atoms with Gasteiger partial charge in [0.15, 0.2) is 5.16 Å². The number of hydrogen-bond acceptors (Lipinski definition) is 4. The first-order valence-electron chi connectivity index (χ1n) is 8.87. The predicted molar refractivity (Wildman–Crippen MR) is 94.4 cm³/mol. The molecular formula is C17H32N4S. The molecule has 0 atom stereocenters. The number of aryl methyl sites for hydroxylation is 1. The Morgan fingerprint density at radius 3 is 2.68 bits per heavy atom. The summed E-state index contributed by atoms with van der Waals surface area (Å²) in [5, 5.41) is 13.4. The zero-order valence-corrected chi connectivity index (χ0v) is 15.3. The number of rotatable bonds is 9. The van der Waals surface area contributed by atoms with Crippen LogP contribution in [-0.2, 0) is 13.0 Å². The molecule has 0 aliphatic heterocycles.